The normalized spacial score (nSPS) is 17.2. The van der Waals surface area contributed by atoms with Gasteiger partial charge in [0.05, 0.1) is 18.0 Å². The van der Waals surface area contributed by atoms with Crippen molar-refractivity contribution in [2.45, 2.75) is 65.6 Å². The summed E-state index contributed by atoms with van der Waals surface area (Å²) < 4.78 is 1.57. The molecular weight excluding hydrogens is 480 g/mol. The Morgan fingerprint density at radius 3 is 2.47 bits per heavy atom. The first-order valence-corrected chi connectivity index (χ1v) is 12.8. The fourth-order valence-electron chi connectivity index (χ4n) is 5.21. The van der Waals surface area contributed by atoms with E-state index < -0.39 is 6.04 Å². The van der Waals surface area contributed by atoms with Gasteiger partial charge in [-0.25, -0.2) is 9.97 Å². The van der Waals surface area contributed by atoms with Gasteiger partial charge < -0.3 is 4.90 Å². The largest absolute Gasteiger partial charge is 0.328 e. The van der Waals surface area contributed by atoms with Crippen LogP contribution in [0.1, 0.15) is 54.4 Å². The van der Waals surface area contributed by atoms with E-state index in [4.69, 9.17) is 0 Å². The predicted molar refractivity (Wildman–Crippen MR) is 143 cm³/mol. The molecule has 9 heteroatoms. The first-order chi connectivity index (χ1) is 18.2. The quantitative estimate of drug-likeness (QED) is 0.347. The molecule has 2 atom stereocenters. The molecular formula is C29H30N6O3. The molecule has 0 aliphatic carbocycles. The minimum atomic E-state index is -0.498. The number of ketones is 2. The summed E-state index contributed by atoms with van der Waals surface area (Å²) in [6.45, 7) is 7.08. The molecule has 5 rings (SSSR count). The summed E-state index contributed by atoms with van der Waals surface area (Å²) in [5.74, 6) is 0.280. The van der Waals surface area contributed by atoms with Gasteiger partial charge in [-0.3, -0.25) is 24.0 Å². The van der Waals surface area contributed by atoms with Gasteiger partial charge in [0.1, 0.15) is 18.1 Å². The Bertz CT molecular complexity index is 1540. The van der Waals surface area contributed by atoms with Crippen molar-refractivity contribution in [1.82, 2.24) is 29.6 Å². The lowest BCUT2D eigenvalue weighted by atomic mass is 10.0. The second-order valence-electron chi connectivity index (χ2n) is 9.97. The first-order valence-electron chi connectivity index (χ1n) is 12.8. The average molecular weight is 511 g/mol. The lowest BCUT2D eigenvalue weighted by molar-refractivity contribution is -0.139. The molecule has 0 saturated carbocycles. The number of carbonyl (C=O) groups excluding carboxylic acids is 3. The monoisotopic (exact) mass is 510 g/mol. The summed E-state index contributed by atoms with van der Waals surface area (Å²) in [5, 5.41) is 5.18. The van der Waals surface area contributed by atoms with Crippen LogP contribution in [0.15, 0.2) is 48.8 Å². The molecule has 9 nitrogen and oxygen atoms in total. The van der Waals surface area contributed by atoms with Crippen LogP contribution in [0.2, 0.25) is 0 Å². The van der Waals surface area contributed by atoms with Crippen LogP contribution < -0.4 is 0 Å². The van der Waals surface area contributed by atoms with E-state index in [0.717, 1.165) is 23.2 Å². The van der Waals surface area contributed by atoms with E-state index in [9.17, 15) is 14.4 Å². The van der Waals surface area contributed by atoms with Gasteiger partial charge >= 0.3 is 0 Å². The molecule has 1 fully saturated rings. The molecule has 0 spiro atoms. The number of rotatable bonds is 7. The van der Waals surface area contributed by atoms with E-state index >= 15 is 0 Å². The predicted octanol–water partition coefficient (Wildman–Crippen LogP) is 3.90. The third-order valence-corrected chi connectivity index (χ3v) is 7.11. The van der Waals surface area contributed by atoms with Crippen LogP contribution in [0.3, 0.4) is 0 Å². The number of benzene rings is 1. The van der Waals surface area contributed by atoms with E-state index in [2.05, 4.69) is 20.1 Å². The highest BCUT2D eigenvalue weighted by Gasteiger charge is 2.38. The number of fused-ring (bicyclic) bond motifs is 1. The Kier molecular flexibility index (Phi) is 6.84. The zero-order valence-corrected chi connectivity index (χ0v) is 22.0. The number of nitrogens with zero attached hydrogens (tertiary/aromatic N) is 6. The molecule has 0 N–H and O–H groups in total. The fourth-order valence-corrected chi connectivity index (χ4v) is 5.21. The zero-order chi connectivity index (χ0) is 27.0. The van der Waals surface area contributed by atoms with Crippen LogP contribution in [0.5, 0.6) is 0 Å². The van der Waals surface area contributed by atoms with E-state index in [0.29, 0.717) is 34.5 Å². The maximum atomic E-state index is 13.6. The number of carbonyl (C=O) groups is 3. The summed E-state index contributed by atoms with van der Waals surface area (Å²) >= 11 is 0. The number of aromatic nitrogens is 5. The molecule has 0 bridgehead atoms. The zero-order valence-electron chi connectivity index (χ0n) is 22.0. The van der Waals surface area contributed by atoms with Crippen molar-refractivity contribution in [3.05, 3.63) is 71.7 Å². The van der Waals surface area contributed by atoms with Crippen molar-refractivity contribution in [2.75, 3.05) is 0 Å². The number of amides is 1. The van der Waals surface area contributed by atoms with Crippen LogP contribution >= 0.6 is 0 Å². The number of aryl methyl sites for hydroxylation is 2. The van der Waals surface area contributed by atoms with Crippen molar-refractivity contribution >= 4 is 28.4 Å². The van der Waals surface area contributed by atoms with Gasteiger partial charge in [0.15, 0.2) is 11.6 Å². The summed E-state index contributed by atoms with van der Waals surface area (Å²) in [6, 6.07) is 10.7. The Hall–Kier alpha value is -4.27. The molecule has 4 heterocycles. The van der Waals surface area contributed by atoms with Gasteiger partial charge in [-0.2, -0.15) is 5.10 Å². The molecule has 1 aromatic carbocycles. The first kappa shape index (κ1) is 25.4. The highest BCUT2D eigenvalue weighted by atomic mass is 16.2. The van der Waals surface area contributed by atoms with Gasteiger partial charge in [0.25, 0.3) is 0 Å². The number of likely N-dealkylation sites (tertiary alicyclic amines) is 1. The maximum absolute atomic E-state index is 13.6. The molecule has 194 valence electrons. The van der Waals surface area contributed by atoms with Crippen LogP contribution in [0.25, 0.3) is 22.0 Å². The molecule has 3 aromatic heterocycles. The summed E-state index contributed by atoms with van der Waals surface area (Å²) in [5.41, 5.74) is 4.23. The third-order valence-electron chi connectivity index (χ3n) is 7.11. The molecule has 1 aliphatic rings. The van der Waals surface area contributed by atoms with Crippen molar-refractivity contribution in [2.24, 2.45) is 0 Å². The van der Waals surface area contributed by atoms with Crippen molar-refractivity contribution in [3.8, 4) is 11.1 Å². The molecule has 0 unspecified atom stereocenters. The van der Waals surface area contributed by atoms with E-state index in [1.54, 1.807) is 22.0 Å². The van der Waals surface area contributed by atoms with E-state index in [1.165, 1.54) is 6.92 Å². The lowest BCUT2D eigenvalue weighted by Gasteiger charge is -2.28. The number of hydrogen-bond donors (Lipinski definition) is 0. The summed E-state index contributed by atoms with van der Waals surface area (Å²) in [4.78, 5) is 53.9. The van der Waals surface area contributed by atoms with Crippen LogP contribution in [0.4, 0.5) is 0 Å². The molecule has 38 heavy (non-hydrogen) atoms. The topological polar surface area (TPSA) is 111 Å². The van der Waals surface area contributed by atoms with Crippen molar-refractivity contribution < 1.29 is 14.4 Å². The minimum Gasteiger partial charge on any atom is -0.328 e. The Morgan fingerprint density at radius 1 is 1.00 bits per heavy atom. The van der Waals surface area contributed by atoms with Gasteiger partial charge in [0, 0.05) is 47.7 Å². The van der Waals surface area contributed by atoms with Crippen LogP contribution in [-0.4, -0.2) is 59.2 Å². The van der Waals surface area contributed by atoms with E-state index in [1.807, 2.05) is 57.2 Å². The highest BCUT2D eigenvalue weighted by Crippen LogP contribution is 2.29. The van der Waals surface area contributed by atoms with Crippen LogP contribution in [0, 0.1) is 13.8 Å². The average Bonchev–Trinajstić information content (AvgIpc) is 3.45. The maximum Gasteiger partial charge on any atom is 0.245 e. The Morgan fingerprint density at radius 2 is 1.76 bits per heavy atom. The molecule has 4 aromatic rings. The number of Topliss-reactive ketones (excluding diaryl/α,β-unsaturated/α-hetero) is 2. The van der Waals surface area contributed by atoms with Gasteiger partial charge in [0.2, 0.25) is 5.91 Å². The SMILES string of the molecule is CC(=O)c1nn(CC(=O)N2[C@@H](C)CC[C@H]2C(=O)Cc2cccc(C)n2)c2ccc(-c3cnc(C)nc3)cc12. The molecule has 0 radical (unpaired) electrons. The van der Waals surface area contributed by atoms with E-state index in [-0.39, 0.29) is 36.5 Å². The standard InChI is InChI=1S/C29H30N6O3/c1-17-6-5-7-23(32-17)13-27(37)26-10-8-18(2)35(26)28(38)16-34-25-11-9-21(22-14-30-20(4)31-15-22)12-24(25)29(33-34)19(3)36/h5-7,9,11-12,14-15,18,26H,8,10,13,16H2,1-4H3/t18-,26-/m0/s1. The van der Waals surface area contributed by atoms with Gasteiger partial charge in [-0.05, 0) is 63.4 Å². The fraction of sp³-hybridized carbons (Fsp3) is 0.345. The minimum absolute atomic E-state index is 0.0134. The van der Waals surface area contributed by atoms with Gasteiger partial charge in [-0.1, -0.05) is 12.1 Å². The second kappa shape index (κ2) is 10.2. The van der Waals surface area contributed by atoms with Crippen molar-refractivity contribution in [3.63, 3.8) is 0 Å². The Labute approximate surface area is 220 Å². The summed E-state index contributed by atoms with van der Waals surface area (Å²) in [7, 11) is 0. The van der Waals surface area contributed by atoms with Crippen LogP contribution in [-0.2, 0) is 22.6 Å². The number of pyridine rings is 1. The molecule has 1 aliphatic heterocycles. The number of hydrogen-bond acceptors (Lipinski definition) is 7. The summed E-state index contributed by atoms with van der Waals surface area (Å²) in [6.07, 6.45) is 5.04. The lowest BCUT2D eigenvalue weighted by Crippen LogP contribution is -2.46. The third kappa shape index (κ3) is 4.96. The molecule has 1 saturated heterocycles. The molecule has 1 amide bonds. The van der Waals surface area contributed by atoms with Crippen molar-refractivity contribution in [1.29, 1.82) is 0 Å². The van der Waals surface area contributed by atoms with Gasteiger partial charge in [-0.15, -0.1) is 0 Å². The second-order valence-corrected chi connectivity index (χ2v) is 9.97. The smallest absolute Gasteiger partial charge is 0.245 e. The highest BCUT2D eigenvalue weighted by molar-refractivity contribution is 6.06. The Balaban J connectivity index is 1.41.